The fraction of sp³-hybridized carbons (Fsp3) is 0.304. The van der Waals surface area contributed by atoms with E-state index in [1.54, 1.807) is 6.07 Å². The molecule has 4 rings (SSSR count). The van der Waals surface area contributed by atoms with Gasteiger partial charge < -0.3 is 4.74 Å². The van der Waals surface area contributed by atoms with Crippen molar-refractivity contribution in [3.8, 4) is 6.07 Å². The monoisotopic (exact) mass is 376 g/mol. The van der Waals surface area contributed by atoms with Gasteiger partial charge in [-0.05, 0) is 55.0 Å². The number of fused-ring (bicyclic) bond motifs is 2. The summed E-state index contributed by atoms with van der Waals surface area (Å²) in [6, 6.07) is 16.0. The molecule has 0 aliphatic carbocycles. The Bertz CT molecular complexity index is 949. The minimum atomic E-state index is -0.330. The Kier molecular flexibility index (Phi) is 5.12. The van der Waals surface area contributed by atoms with Gasteiger partial charge in [0.1, 0.15) is 12.4 Å². The molecule has 0 saturated carbocycles. The summed E-state index contributed by atoms with van der Waals surface area (Å²) in [6.07, 6.45) is 4.96. The number of halogens is 1. The maximum absolute atomic E-state index is 14.4. The highest BCUT2D eigenvalue weighted by Crippen LogP contribution is 2.38. The number of ether oxygens (including phenoxy) is 1. The summed E-state index contributed by atoms with van der Waals surface area (Å²) in [5.41, 5.74) is 2.72. The van der Waals surface area contributed by atoms with Crippen LogP contribution in [0.4, 0.5) is 9.18 Å². The molecule has 2 aliphatic rings. The fourth-order valence-electron chi connectivity index (χ4n) is 4.15. The van der Waals surface area contributed by atoms with E-state index in [4.69, 9.17) is 10.00 Å². The zero-order valence-corrected chi connectivity index (χ0v) is 15.5. The van der Waals surface area contributed by atoms with Crippen LogP contribution in [0, 0.1) is 17.1 Å². The van der Waals surface area contributed by atoms with E-state index in [1.165, 1.54) is 12.1 Å². The molecule has 2 atom stereocenters. The van der Waals surface area contributed by atoms with Gasteiger partial charge in [-0.3, -0.25) is 4.90 Å². The highest BCUT2D eigenvalue weighted by atomic mass is 19.1. The topological polar surface area (TPSA) is 53.3 Å². The zero-order valence-electron chi connectivity index (χ0n) is 15.5. The number of hydrogen-bond acceptors (Lipinski definition) is 3. The van der Waals surface area contributed by atoms with Gasteiger partial charge >= 0.3 is 6.09 Å². The van der Waals surface area contributed by atoms with Crippen LogP contribution < -0.4 is 0 Å². The highest BCUT2D eigenvalue weighted by molar-refractivity contribution is 5.75. The zero-order chi connectivity index (χ0) is 19.5. The molecule has 2 aliphatic heterocycles. The Morgan fingerprint density at radius 3 is 2.79 bits per heavy atom. The molecule has 0 aromatic heterocycles. The lowest BCUT2D eigenvalue weighted by atomic mass is 9.82. The van der Waals surface area contributed by atoms with Gasteiger partial charge in [-0.1, -0.05) is 36.4 Å². The van der Waals surface area contributed by atoms with E-state index in [-0.39, 0.29) is 30.6 Å². The van der Waals surface area contributed by atoms with Crippen molar-refractivity contribution in [3.05, 3.63) is 77.1 Å². The maximum atomic E-state index is 14.4. The van der Waals surface area contributed by atoms with Gasteiger partial charge in [0.25, 0.3) is 0 Å². The third-order valence-corrected chi connectivity index (χ3v) is 5.49. The number of nitrogens with zero attached hydrogens (tertiary/aromatic N) is 2. The average Bonchev–Trinajstić information content (AvgIpc) is 2.72. The number of hydrogen-bond donors (Lipinski definition) is 0. The standard InChI is InChI=1S/C23H21FN2O2/c24-22-10-9-17(14-25)11-21(22)18-12-19-7-4-8-20(13-18)26(19)23(27)28-15-16-5-2-1-3-6-16/h1-3,5-6,9-12,19-20H,4,7-8,13,15H2. The van der Waals surface area contributed by atoms with Gasteiger partial charge in [0.05, 0.1) is 17.7 Å². The fourth-order valence-corrected chi connectivity index (χ4v) is 4.15. The number of rotatable bonds is 3. The molecule has 0 spiro atoms. The average molecular weight is 376 g/mol. The molecule has 1 amide bonds. The van der Waals surface area contributed by atoms with Crippen molar-refractivity contribution in [3.63, 3.8) is 0 Å². The molecule has 142 valence electrons. The molecule has 0 N–H and O–H groups in total. The third kappa shape index (κ3) is 3.63. The molecule has 4 nitrogen and oxygen atoms in total. The molecular formula is C23H21FN2O2. The van der Waals surface area contributed by atoms with Crippen LogP contribution in [0.5, 0.6) is 0 Å². The highest BCUT2D eigenvalue weighted by Gasteiger charge is 2.38. The number of piperidine rings is 1. The molecule has 2 unspecified atom stereocenters. The number of nitriles is 1. The molecule has 1 saturated heterocycles. The number of carbonyl (C=O) groups excluding carboxylic acids is 1. The van der Waals surface area contributed by atoms with E-state index < -0.39 is 0 Å². The first-order chi connectivity index (χ1) is 13.7. The van der Waals surface area contributed by atoms with E-state index in [0.29, 0.717) is 17.5 Å². The van der Waals surface area contributed by atoms with Crippen molar-refractivity contribution in [2.75, 3.05) is 0 Å². The summed E-state index contributed by atoms with van der Waals surface area (Å²) in [7, 11) is 0. The van der Waals surface area contributed by atoms with Gasteiger partial charge in [0.15, 0.2) is 0 Å². The van der Waals surface area contributed by atoms with E-state index in [2.05, 4.69) is 6.07 Å². The van der Waals surface area contributed by atoms with E-state index >= 15 is 0 Å². The van der Waals surface area contributed by atoms with Crippen molar-refractivity contribution in [2.45, 2.75) is 44.4 Å². The van der Waals surface area contributed by atoms with Gasteiger partial charge in [0.2, 0.25) is 0 Å². The molecule has 1 fully saturated rings. The molecule has 0 radical (unpaired) electrons. The van der Waals surface area contributed by atoms with E-state index in [0.717, 1.165) is 30.4 Å². The summed E-state index contributed by atoms with van der Waals surface area (Å²) in [4.78, 5) is 14.6. The van der Waals surface area contributed by atoms with Gasteiger partial charge in [-0.2, -0.15) is 5.26 Å². The second kappa shape index (κ2) is 7.85. The summed E-state index contributed by atoms with van der Waals surface area (Å²) in [5.74, 6) is -0.330. The molecule has 2 aromatic carbocycles. The van der Waals surface area contributed by atoms with Crippen LogP contribution >= 0.6 is 0 Å². The third-order valence-electron chi connectivity index (χ3n) is 5.49. The van der Waals surface area contributed by atoms with Crippen LogP contribution in [0.15, 0.2) is 54.6 Å². The lowest BCUT2D eigenvalue weighted by molar-refractivity contribution is 0.0510. The first kappa shape index (κ1) is 18.2. The summed E-state index contributed by atoms with van der Waals surface area (Å²) < 4.78 is 19.9. The Labute approximate surface area is 163 Å². The normalized spacial score (nSPS) is 20.9. The molecule has 5 heteroatoms. The summed E-state index contributed by atoms with van der Waals surface area (Å²) in [5, 5.41) is 9.12. The second-order valence-electron chi connectivity index (χ2n) is 7.30. The van der Waals surface area contributed by atoms with Crippen molar-refractivity contribution in [1.29, 1.82) is 5.26 Å². The Morgan fingerprint density at radius 1 is 1.21 bits per heavy atom. The summed E-state index contributed by atoms with van der Waals surface area (Å²) in [6.45, 7) is 0.241. The van der Waals surface area contributed by atoms with Crippen LogP contribution in [0.3, 0.4) is 0 Å². The van der Waals surface area contributed by atoms with Crippen molar-refractivity contribution in [2.24, 2.45) is 0 Å². The van der Waals surface area contributed by atoms with Crippen LogP contribution in [-0.4, -0.2) is 23.1 Å². The first-order valence-electron chi connectivity index (χ1n) is 9.55. The predicted molar refractivity (Wildman–Crippen MR) is 104 cm³/mol. The minimum absolute atomic E-state index is 0.00725. The van der Waals surface area contributed by atoms with Crippen LogP contribution in [0.1, 0.15) is 42.4 Å². The summed E-state index contributed by atoms with van der Waals surface area (Å²) >= 11 is 0. The quantitative estimate of drug-likeness (QED) is 0.754. The van der Waals surface area contributed by atoms with E-state index in [1.807, 2.05) is 41.3 Å². The van der Waals surface area contributed by atoms with Gasteiger partial charge in [0, 0.05) is 11.6 Å². The Morgan fingerprint density at radius 2 is 2.04 bits per heavy atom. The van der Waals surface area contributed by atoms with Gasteiger partial charge in [-0.15, -0.1) is 0 Å². The number of amides is 1. The van der Waals surface area contributed by atoms with Crippen LogP contribution in [0.2, 0.25) is 0 Å². The van der Waals surface area contributed by atoms with Crippen molar-refractivity contribution in [1.82, 2.24) is 4.90 Å². The predicted octanol–water partition coefficient (Wildman–Crippen LogP) is 5.04. The molecular weight excluding hydrogens is 355 g/mol. The van der Waals surface area contributed by atoms with E-state index in [9.17, 15) is 9.18 Å². The van der Waals surface area contributed by atoms with Crippen molar-refractivity contribution < 1.29 is 13.9 Å². The van der Waals surface area contributed by atoms with Crippen LogP contribution in [0.25, 0.3) is 5.57 Å². The Balaban J connectivity index is 1.54. The molecule has 2 aromatic rings. The SMILES string of the molecule is N#Cc1ccc(F)c(C2=CC3CCCC(C2)N3C(=O)OCc2ccccc2)c1. The minimum Gasteiger partial charge on any atom is -0.445 e. The Hall–Kier alpha value is -3.13. The number of benzene rings is 2. The van der Waals surface area contributed by atoms with Crippen molar-refractivity contribution >= 4 is 11.7 Å². The maximum Gasteiger partial charge on any atom is 0.410 e. The largest absolute Gasteiger partial charge is 0.445 e. The second-order valence-corrected chi connectivity index (χ2v) is 7.30. The molecule has 2 bridgehead atoms. The lowest BCUT2D eigenvalue weighted by Gasteiger charge is -2.44. The lowest BCUT2D eigenvalue weighted by Crippen LogP contribution is -2.51. The molecule has 2 heterocycles. The number of carbonyl (C=O) groups is 1. The molecule has 28 heavy (non-hydrogen) atoms. The van der Waals surface area contributed by atoms with Crippen LogP contribution in [-0.2, 0) is 11.3 Å². The smallest absolute Gasteiger partial charge is 0.410 e. The first-order valence-corrected chi connectivity index (χ1v) is 9.55. The van der Waals surface area contributed by atoms with Gasteiger partial charge in [-0.25, -0.2) is 9.18 Å².